The van der Waals surface area contributed by atoms with Gasteiger partial charge in [0.15, 0.2) is 0 Å². The lowest BCUT2D eigenvalue weighted by atomic mass is 9.90. The van der Waals surface area contributed by atoms with Crippen molar-refractivity contribution in [2.45, 2.75) is 38.6 Å². The molecule has 0 bridgehead atoms. The highest BCUT2D eigenvalue weighted by Gasteiger charge is 2.25. The summed E-state index contributed by atoms with van der Waals surface area (Å²) in [7, 11) is 0. The fourth-order valence-corrected chi connectivity index (χ4v) is 5.46. The molecule has 35 heavy (non-hydrogen) atoms. The summed E-state index contributed by atoms with van der Waals surface area (Å²) in [5, 5.41) is 0. The minimum atomic E-state index is 0.0537. The monoisotopic (exact) mass is 472 g/mol. The van der Waals surface area contributed by atoms with Crippen molar-refractivity contribution >= 4 is 5.91 Å². The number of hydrogen-bond donors (Lipinski definition) is 0. The van der Waals surface area contributed by atoms with Crippen LogP contribution in [0.4, 0.5) is 0 Å². The first-order valence-corrected chi connectivity index (χ1v) is 13.0. The molecule has 0 saturated carbocycles. The van der Waals surface area contributed by atoms with Crippen molar-refractivity contribution in [3.05, 3.63) is 89.9 Å². The number of ether oxygens (including phenoxy) is 1. The Balaban J connectivity index is 1.07. The van der Waals surface area contributed by atoms with Crippen LogP contribution in [0.3, 0.4) is 0 Å². The first-order chi connectivity index (χ1) is 17.2. The lowest BCUT2D eigenvalue weighted by Crippen LogP contribution is -2.41. The van der Waals surface area contributed by atoms with Gasteiger partial charge in [-0.1, -0.05) is 42.5 Å². The van der Waals surface area contributed by atoms with Crippen molar-refractivity contribution in [2.24, 2.45) is 11.8 Å². The van der Waals surface area contributed by atoms with Crippen LogP contribution in [0.5, 0.6) is 5.75 Å². The SMILES string of the molecule is O=C(c1ccoc1)N1CCC[C@@H](COc2cccc(CN3CCC(Cc4ccccc4)CC3)c2)C1. The fraction of sp³-hybridized carbons (Fsp3) is 0.433. The third kappa shape index (κ3) is 6.55. The van der Waals surface area contributed by atoms with Gasteiger partial charge in [0.2, 0.25) is 0 Å². The number of rotatable bonds is 8. The van der Waals surface area contributed by atoms with Gasteiger partial charge in [-0.2, -0.15) is 0 Å². The normalized spacial score (nSPS) is 19.5. The molecule has 2 aromatic carbocycles. The zero-order valence-electron chi connectivity index (χ0n) is 20.5. The topological polar surface area (TPSA) is 45.9 Å². The quantitative estimate of drug-likeness (QED) is 0.424. The summed E-state index contributed by atoms with van der Waals surface area (Å²) >= 11 is 0. The molecule has 5 rings (SSSR count). The average Bonchev–Trinajstić information content (AvgIpc) is 3.44. The van der Waals surface area contributed by atoms with Crippen molar-refractivity contribution in [2.75, 3.05) is 32.8 Å². The lowest BCUT2D eigenvalue weighted by Gasteiger charge is -2.32. The Hall–Kier alpha value is -3.05. The Kier molecular flexibility index (Phi) is 7.84. The maximum Gasteiger partial charge on any atom is 0.257 e. The molecule has 2 saturated heterocycles. The molecule has 0 N–H and O–H groups in total. The molecule has 0 unspecified atom stereocenters. The van der Waals surface area contributed by atoms with Gasteiger partial charge in [-0.05, 0) is 80.4 Å². The summed E-state index contributed by atoms with van der Waals surface area (Å²) < 4.78 is 11.3. The smallest absolute Gasteiger partial charge is 0.257 e. The molecule has 1 aromatic heterocycles. The number of amides is 1. The zero-order chi connectivity index (χ0) is 23.9. The van der Waals surface area contributed by atoms with Gasteiger partial charge in [-0.25, -0.2) is 0 Å². The van der Waals surface area contributed by atoms with Crippen molar-refractivity contribution in [3.63, 3.8) is 0 Å². The molecule has 1 atom stereocenters. The second kappa shape index (κ2) is 11.6. The summed E-state index contributed by atoms with van der Waals surface area (Å²) in [5.74, 6) is 2.13. The number of hydrogen-bond acceptors (Lipinski definition) is 4. The second-order valence-corrected chi connectivity index (χ2v) is 10.1. The van der Waals surface area contributed by atoms with Gasteiger partial charge >= 0.3 is 0 Å². The lowest BCUT2D eigenvalue weighted by molar-refractivity contribution is 0.0632. The molecule has 5 nitrogen and oxygen atoms in total. The third-order valence-electron chi connectivity index (χ3n) is 7.44. The Morgan fingerprint density at radius 3 is 2.54 bits per heavy atom. The molecular weight excluding hydrogens is 436 g/mol. The second-order valence-electron chi connectivity index (χ2n) is 10.1. The van der Waals surface area contributed by atoms with Crippen LogP contribution in [0.25, 0.3) is 0 Å². The molecule has 3 heterocycles. The van der Waals surface area contributed by atoms with E-state index in [2.05, 4.69) is 53.4 Å². The first-order valence-electron chi connectivity index (χ1n) is 13.0. The third-order valence-corrected chi connectivity index (χ3v) is 7.44. The number of likely N-dealkylation sites (tertiary alicyclic amines) is 2. The predicted molar refractivity (Wildman–Crippen MR) is 137 cm³/mol. The number of carbonyl (C=O) groups is 1. The van der Waals surface area contributed by atoms with E-state index in [0.29, 0.717) is 18.1 Å². The molecule has 2 aliphatic heterocycles. The highest BCUT2D eigenvalue weighted by Crippen LogP contribution is 2.25. The van der Waals surface area contributed by atoms with Crippen molar-refractivity contribution < 1.29 is 13.9 Å². The Labute approximate surface area is 208 Å². The van der Waals surface area contributed by atoms with Gasteiger partial charge in [0.25, 0.3) is 5.91 Å². The Morgan fingerprint density at radius 2 is 1.74 bits per heavy atom. The van der Waals surface area contributed by atoms with E-state index >= 15 is 0 Å². The van der Waals surface area contributed by atoms with Crippen LogP contribution >= 0.6 is 0 Å². The molecule has 0 aliphatic carbocycles. The van der Waals surface area contributed by atoms with Crippen LogP contribution in [0.2, 0.25) is 0 Å². The highest BCUT2D eigenvalue weighted by molar-refractivity contribution is 5.93. The van der Waals surface area contributed by atoms with Gasteiger partial charge in [-0.3, -0.25) is 9.69 Å². The molecule has 0 radical (unpaired) electrons. The van der Waals surface area contributed by atoms with Gasteiger partial charge in [0.05, 0.1) is 18.4 Å². The maximum atomic E-state index is 12.6. The van der Waals surface area contributed by atoms with Crippen molar-refractivity contribution in [1.82, 2.24) is 9.80 Å². The molecule has 0 spiro atoms. The minimum absolute atomic E-state index is 0.0537. The standard InChI is InChI=1S/C30H36N2O3/c33-30(28-13-17-34-23-28)32-14-5-9-27(21-32)22-35-29-10-4-8-26(19-29)20-31-15-11-25(12-16-31)18-24-6-2-1-3-7-24/h1-4,6-8,10,13,17,19,23,25,27H,5,9,11-12,14-16,18,20-22H2/t27-/m1/s1. The van der Waals surface area contributed by atoms with Crippen LogP contribution in [-0.4, -0.2) is 48.5 Å². The predicted octanol–water partition coefficient (Wildman–Crippen LogP) is 5.67. The van der Waals surface area contributed by atoms with Gasteiger partial charge < -0.3 is 14.1 Å². The van der Waals surface area contributed by atoms with Crippen molar-refractivity contribution in [3.8, 4) is 5.75 Å². The van der Waals surface area contributed by atoms with Crippen LogP contribution in [0, 0.1) is 11.8 Å². The number of nitrogens with zero attached hydrogens (tertiary/aromatic N) is 2. The molecule has 1 amide bonds. The van der Waals surface area contributed by atoms with E-state index < -0.39 is 0 Å². The number of benzene rings is 2. The van der Waals surface area contributed by atoms with Gasteiger partial charge in [-0.15, -0.1) is 0 Å². The summed E-state index contributed by atoms with van der Waals surface area (Å²) in [6.07, 6.45) is 8.91. The van der Waals surface area contributed by atoms with E-state index in [1.54, 1.807) is 12.3 Å². The largest absolute Gasteiger partial charge is 0.493 e. The zero-order valence-corrected chi connectivity index (χ0v) is 20.5. The van der Waals surface area contributed by atoms with Gasteiger partial charge in [0, 0.05) is 25.6 Å². The summed E-state index contributed by atoms with van der Waals surface area (Å²) in [6, 6.07) is 21.2. The van der Waals surface area contributed by atoms with E-state index in [0.717, 1.165) is 57.2 Å². The number of piperidine rings is 2. The van der Waals surface area contributed by atoms with E-state index in [1.165, 1.54) is 36.7 Å². The van der Waals surface area contributed by atoms with E-state index in [1.807, 2.05) is 11.0 Å². The molecule has 2 fully saturated rings. The van der Waals surface area contributed by atoms with E-state index in [-0.39, 0.29) is 5.91 Å². The first kappa shape index (κ1) is 23.7. The molecule has 5 heteroatoms. The number of furan rings is 1. The summed E-state index contributed by atoms with van der Waals surface area (Å²) in [6.45, 7) is 5.48. The molecule has 2 aliphatic rings. The fourth-order valence-electron chi connectivity index (χ4n) is 5.46. The van der Waals surface area contributed by atoms with Crippen LogP contribution in [0.15, 0.2) is 77.6 Å². The Bertz CT molecular complexity index is 1060. The van der Waals surface area contributed by atoms with Crippen LogP contribution in [0.1, 0.15) is 47.2 Å². The van der Waals surface area contributed by atoms with E-state index in [9.17, 15) is 4.79 Å². The van der Waals surface area contributed by atoms with Crippen LogP contribution in [-0.2, 0) is 13.0 Å². The molecular formula is C30H36N2O3. The summed E-state index contributed by atoms with van der Waals surface area (Å²) in [5.41, 5.74) is 3.40. The summed E-state index contributed by atoms with van der Waals surface area (Å²) in [4.78, 5) is 17.1. The van der Waals surface area contributed by atoms with E-state index in [4.69, 9.17) is 9.15 Å². The average molecular weight is 473 g/mol. The van der Waals surface area contributed by atoms with Crippen molar-refractivity contribution in [1.29, 1.82) is 0 Å². The highest BCUT2D eigenvalue weighted by atomic mass is 16.5. The Morgan fingerprint density at radius 1 is 0.914 bits per heavy atom. The molecule has 3 aromatic rings. The molecule has 184 valence electrons. The number of carbonyl (C=O) groups excluding carboxylic acids is 1. The maximum absolute atomic E-state index is 12.6. The van der Waals surface area contributed by atoms with Crippen LogP contribution < -0.4 is 4.74 Å². The van der Waals surface area contributed by atoms with Gasteiger partial charge in [0.1, 0.15) is 12.0 Å². The minimum Gasteiger partial charge on any atom is -0.493 e.